The Labute approximate surface area is 194 Å². The number of alkyl halides is 3. The molecule has 9 heteroatoms. The molecule has 4 nitrogen and oxygen atoms in total. The molecule has 32 heavy (non-hydrogen) atoms. The highest BCUT2D eigenvalue weighted by molar-refractivity contribution is 6.36. The number of carbonyl (C=O) groups excluding carboxylic acids is 1. The van der Waals surface area contributed by atoms with E-state index in [4.69, 9.17) is 27.9 Å². The van der Waals surface area contributed by atoms with E-state index in [2.05, 4.69) is 0 Å². The zero-order chi connectivity index (χ0) is 23.3. The largest absolute Gasteiger partial charge is 0.416 e. The molecule has 0 aliphatic carbocycles. The third kappa shape index (κ3) is 6.06. The highest BCUT2D eigenvalue weighted by Crippen LogP contribution is 2.30. The number of benzene rings is 2. The van der Waals surface area contributed by atoms with E-state index in [-0.39, 0.29) is 24.0 Å². The van der Waals surface area contributed by atoms with Gasteiger partial charge in [0.25, 0.3) is 5.91 Å². The topological polar surface area (TPSA) is 34.5 Å². The molecule has 1 amide bonds. The maximum absolute atomic E-state index is 13.1. The first kappa shape index (κ1) is 24.2. The number of halogens is 5. The lowest BCUT2D eigenvalue weighted by Gasteiger charge is -2.24. The monoisotopic (exact) mass is 484 g/mol. The van der Waals surface area contributed by atoms with Gasteiger partial charge < -0.3 is 14.2 Å². The second-order valence-corrected chi connectivity index (χ2v) is 8.01. The van der Waals surface area contributed by atoms with Gasteiger partial charge in [-0.3, -0.25) is 4.79 Å². The first-order chi connectivity index (χ1) is 15.2. The van der Waals surface area contributed by atoms with Crippen molar-refractivity contribution < 1.29 is 22.7 Å². The molecule has 3 rings (SSSR count). The highest BCUT2D eigenvalue weighted by Gasteiger charge is 2.30. The van der Waals surface area contributed by atoms with Crippen molar-refractivity contribution in [2.24, 2.45) is 0 Å². The van der Waals surface area contributed by atoms with Crippen LogP contribution in [-0.4, -0.2) is 35.6 Å². The predicted octanol–water partition coefficient (Wildman–Crippen LogP) is 6.15. The summed E-state index contributed by atoms with van der Waals surface area (Å²) in [6.45, 7) is 1.09. The molecule has 0 fully saturated rings. The Hall–Kier alpha value is -2.48. The van der Waals surface area contributed by atoms with Crippen LogP contribution in [0.5, 0.6) is 0 Å². The van der Waals surface area contributed by atoms with Gasteiger partial charge in [0.1, 0.15) is 0 Å². The molecule has 0 bridgehead atoms. The van der Waals surface area contributed by atoms with Crippen LogP contribution in [0, 0.1) is 0 Å². The molecule has 3 aromatic rings. The number of rotatable bonds is 8. The smallest absolute Gasteiger partial charge is 0.383 e. The van der Waals surface area contributed by atoms with Crippen LogP contribution in [-0.2, 0) is 24.0 Å². The lowest BCUT2D eigenvalue weighted by Crippen LogP contribution is -2.34. The molecule has 0 saturated heterocycles. The maximum Gasteiger partial charge on any atom is 0.416 e. The van der Waals surface area contributed by atoms with Crippen LogP contribution in [0.3, 0.4) is 0 Å². The van der Waals surface area contributed by atoms with Crippen LogP contribution in [0.2, 0.25) is 10.0 Å². The molecule has 170 valence electrons. The number of nitrogens with zero attached hydrogens (tertiary/aromatic N) is 2. The standard InChI is InChI=1S/C23H21Cl2F3N2O2/c1-32-11-10-30(22(31)20-8-7-18(24)13-21(20)25)15-19-6-3-9-29(19)14-16-4-2-5-17(12-16)23(26,27)28/h2-9,12-13H,10-11,14-15H2,1H3. The molecule has 0 radical (unpaired) electrons. The molecular formula is C23H21Cl2F3N2O2. The van der Waals surface area contributed by atoms with Gasteiger partial charge in [-0.15, -0.1) is 0 Å². The number of amides is 1. The normalized spacial score (nSPS) is 11.6. The summed E-state index contributed by atoms with van der Waals surface area (Å²) in [6, 6.07) is 13.5. The SMILES string of the molecule is COCCN(Cc1cccn1Cc1cccc(C(F)(F)F)c1)C(=O)c1ccc(Cl)cc1Cl. The summed E-state index contributed by atoms with van der Waals surface area (Å²) in [4.78, 5) is 14.7. The Kier molecular flexibility index (Phi) is 7.87. The Morgan fingerprint density at radius 3 is 2.56 bits per heavy atom. The van der Waals surface area contributed by atoms with Gasteiger partial charge in [-0.05, 0) is 48.0 Å². The van der Waals surface area contributed by atoms with E-state index in [9.17, 15) is 18.0 Å². The van der Waals surface area contributed by atoms with Crippen molar-refractivity contribution in [2.75, 3.05) is 20.3 Å². The predicted molar refractivity (Wildman–Crippen MR) is 118 cm³/mol. The van der Waals surface area contributed by atoms with Gasteiger partial charge in [0.15, 0.2) is 0 Å². The van der Waals surface area contributed by atoms with Crippen LogP contribution >= 0.6 is 23.2 Å². The summed E-state index contributed by atoms with van der Waals surface area (Å²) < 4.78 is 46.1. The maximum atomic E-state index is 13.1. The molecule has 0 atom stereocenters. The third-order valence-electron chi connectivity index (χ3n) is 4.90. The number of hydrogen-bond donors (Lipinski definition) is 0. The van der Waals surface area contributed by atoms with Gasteiger partial charge in [0.2, 0.25) is 0 Å². The molecule has 0 N–H and O–H groups in total. The minimum Gasteiger partial charge on any atom is -0.383 e. The fourth-order valence-electron chi connectivity index (χ4n) is 3.27. The summed E-state index contributed by atoms with van der Waals surface area (Å²) >= 11 is 12.1. The zero-order valence-electron chi connectivity index (χ0n) is 17.2. The van der Waals surface area contributed by atoms with E-state index >= 15 is 0 Å². The summed E-state index contributed by atoms with van der Waals surface area (Å²) in [7, 11) is 1.54. The third-order valence-corrected chi connectivity index (χ3v) is 5.45. The first-order valence-corrected chi connectivity index (χ1v) is 10.5. The molecular weight excluding hydrogens is 464 g/mol. The number of hydrogen-bond acceptors (Lipinski definition) is 2. The molecule has 0 saturated carbocycles. The fourth-order valence-corrected chi connectivity index (χ4v) is 3.76. The molecule has 0 spiro atoms. The Morgan fingerprint density at radius 1 is 1.09 bits per heavy atom. The van der Waals surface area contributed by atoms with E-state index in [1.807, 2.05) is 10.6 Å². The van der Waals surface area contributed by atoms with E-state index < -0.39 is 11.7 Å². The lowest BCUT2D eigenvalue weighted by atomic mass is 10.1. The Balaban J connectivity index is 1.83. The van der Waals surface area contributed by atoms with Crippen molar-refractivity contribution in [2.45, 2.75) is 19.3 Å². The lowest BCUT2D eigenvalue weighted by molar-refractivity contribution is -0.137. The van der Waals surface area contributed by atoms with Crippen LogP contribution in [0.15, 0.2) is 60.8 Å². The first-order valence-electron chi connectivity index (χ1n) is 9.72. The van der Waals surface area contributed by atoms with Crippen molar-refractivity contribution in [1.82, 2.24) is 9.47 Å². The van der Waals surface area contributed by atoms with E-state index in [0.717, 1.165) is 17.8 Å². The van der Waals surface area contributed by atoms with Crippen LogP contribution in [0.25, 0.3) is 0 Å². The van der Waals surface area contributed by atoms with Crippen molar-refractivity contribution >= 4 is 29.1 Å². The van der Waals surface area contributed by atoms with Crippen LogP contribution in [0.4, 0.5) is 13.2 Å². The number of methoxy groups -OCH3 is 1. The van der Waals surface area contributed by atoms with Crippen molar-refractivity contribution in [3.63, 3.8) is 0 Å². The van der Waals surface area contributed by atoms with E-state index in [0.29, 0.717) is 29.3 Å². The summed E-state index contributed by atoms with van der Waals surface area (Å²) in [6.07, 6.45) is -2.64. The summed E-state index contributed by atoms with van der Waals surface area (Å²) in [5, 5.41) is 0.661. The van der Waals surface area contributed by atoms with E-state index in [1.165, 1.54) is 19.2 Å². The second-order valence-electron chi connectivity index (χ2n) is 7.17. The summed E-state index contributed by atoms with van der Waals surface area (Å²) in [5.41, 5.74) is 0.880. The summed E-state index contributed by atoms with van der Waals surface area (Å²) in [5.74, 6) is -0.296. The van der Waals surface area contributed by atoms with Crippen LogP contribution < -0.4 is 0 Å². The minimum atomic E-state index is -4.41. The molecule has 0 aliphatic rings. The van der Waals surface area contributed by atoms with Gasteiger partial charge in [0.05, 0.1) is 29.3 Å². The van der Waals surface area contributed by atoms with Crippen molar-refractivity contribution in [3.8, 4) is 0 Å². The van der Waals surface area contributed by atoms with Gasteiger partial charge in [-0.1, -0.05) is 35.3 Å². The average Bonchev–Trinajstić information content (AvgIpc) is 3.16. The second kappa shape index (κ2) is 10.4. The average molecular weight is 485 g/mol. The van der Waals surface area contributed by atoms with Gasteiger partial charge in [-0.25, -0.2) is 0 Å². The molecule has 0 aliphatic heterocycles. The fraction of sp³-hybridized carbons (Fsp3) is 0.261. The number of ether oxygens (including phenoxy) is 1. The van der Waals surface area contributed by atoms with Crippen LogP contribution in [0.1, 0.15) is 27.2 Å². The van der Waals surface area contributed by atoms with E-state index in [1.54, 1.807) is 35.4 Å². The molecule has 1 heterocycles. The Morgan fingerprint density at radius 2 is 1.88 bits per heavy atom. The van der Waals surface area contributed by atoms with Crippen molar-refractivity contribution in [3.05, 3.63) is 93.2 Å². The molecule has 1 aromatic heterocycles. The van der Waals surface area contributed by atoms with Gasteiger partial charge in [0, 0.05) is 37.1 Å². The molecule has 2 aromatic carbocycles. The molecule has 0 unspecified atom stereocenters. The zero-order valence-corrected chi connectivity index (χ0v) is 18.7. The minimum absolute atomic E-state index is 0.229. The van der Waals surface area contributed by atoms with Gasteiger partial charge >= 0.3 is 6.18 Å². The highest BCUT2D eigenvalue weighted by atomic mass is 35.5. The number of carbonyl (C=O) groups is 1. The number of aromatic nitrogens is 1. The van der Waals surface area contributed by atoms with Crippen molar-refractivity contribution in [1.29, 1.82) is 0 Å². The Bertz CT molecular complexity index is 1080. The van der Waals surface area contributed by atoms with Gasteiger partial charge in [-0.2, -0.15) is 13.2 Å². The quantitative estimate of drug-likeness (QED) is 0.384.